The van der Waals surface area contributed by atoms with Crippen molar-refractivity contribution in [2.24, 2.45) is 0 Å². The molecular formula is C11H10N4S. The Labute approximate surface area is 96.7 Å². The lowest BCUT2D eigenvalue weighted by Crippen LogP contribution is -1.91. The lowest BCUT2D eigenvalue weighted by Gasteiger charge is -1.99. The molecule has 0 aliphatic heterocycles. The smallest absolute Gasteiger partial charge is 0.196 e. The first-order valence-electron chi connectivity index (χ1n) is 5.11. The van der Waals surface area contributed by atoms with Gasteiger partial charge in [-0.2, -0.15) is 0 Å². The molecule has 0 spiro atoms. The molecule has 4 nitrogen and oxygen atoms in total. The molecule has 0 aliphatic carbocycles. The Morgan fingerprint density at radius 2 is 2.12 bits per heavy atom. The van der Waals surface area contributed by atoms with Crippen molar-refractivity contribution in [2.45, 2.75) is 12.1 Å². The summed E-state index contributed by atoms with van der Waals surface area (Å²) >= 11 is 1.67. The van der Waals surface area contributed by atoms with Gasteiger partial charge in [0, 0.05) is 5.39 Å². The Morgan fingerprint density at radius 1 is 1.25 bits per heavy atom. The fourth-order valence-electron chi connectivity index (χ4n) is 1.69. The monoisotopic (exact) mass is 230 g/mol. The van der Waals surface area contributed by atoms with Gasteiger partial charge in [0.15, 0.2) is 10.8 Å². The largest absolute Gasteiger partial charge is 0.260 e. The molecule has 0 aliphatic rings. The molecule has 80 valence electrons. The second-order valence-corrected chi connectivity index (χ2v) is 4.60. The van der Waals surface area contributed by atoms with E-state index < -0.39 is 0 Å². The Kier molecular flexibility index (Phi) is 2.25. The van der Waals surface area contributed by atoms with Crippen LogP contribution in [0.15, 0.2) is 35.7 Å². The first-order chi connectivity index (χ1) is 7.90. The van der Waals surface area contributed by atoms with Gasteiger partial charge in [-0.15, -0.1) is 10.2 Å². The Bertz CT molecular complexity index is 647. The number of para-hydroxylation sites is 1. The molecule has 1 aromatic carbocycles. The standard InChI is InChI=1S/C11H10N4S/c1-2-16-11-14-13-10-8-5-3-4-6-9(8)12-7-15(10)11/h3-7H,2H2,1H3. The number of fused-ring (bicyclic) bond motifs is 3. The number of rotatable bonds is 2. The molecule has 0 atom stereocenters. The molecule has 0 amide bonds. The van der Waals surface area contributed by atoms with Crippen LogP contribution >= 0.6 is 11.8 Å². The average molecular weight is 230 g/mol. The van der Waals surface area contributed by atoms with Crippen molar-refractivity contribution in [1.82, 2.24) is 19.6 Å². The number of thioether (sulfide) groups is 1. The number of aromatic nitrogens is 4. The summed E-state index contributed by atoms with van der Waals surface area (Å²) in [6, 6.07) is 7.97. The maximum Gasteiger partial charge on any atom is 0.196 e. The van der Waals surface area contributed by atoms with E-state index >= 15 is 0 Å². The number of nitrogens with zero attached hydrogens (tertiary/aromatic N) is 4. The van der Waals surface area contributed by atoms with Gasteiger partial charge < -0.3 is 0 Å². The van der Waals surface area contributed by atoms with E-state index in [1.165, 1.54) is 0 Å². The van der Waals surface area contributed by atoms with Crippen LogP contribution in [0.2, 0.25) is 0 Å². The lowest BCUT2D eigenvalue weighted by atomic mass is 10.2. The molecule has 0 N–H and O–H groups in total. The molecule has 0 fully saturated rings. The molecule has 0 saturated carbocycles. The van der Waals surface area contributed by atoms with Crippen LogP contribution in [0.25, 0.3) is 16.6 Å². The first-order valence-corrected chi connectivity index (χ1v) is 6.10. The minimum atomic E-state index is 0.876. The van der Waals surface area contributed by atoms with Gasteiger partial charge in [-0.1, -0.05) is 30.8 Å². The topological polar surface area (TPSA) is 43.1 Å². The van der Waals surface area contributed by atoms with Crippen molar-refractivity contribution in [3.8, 4) is 0 Å². The summed E-state index contributed by atoms with van der Waals surface area (Å²) < 4.78 is 1.94. The molecule has 2 heterocycles. The van der Waals surface area contributed by atoms with Gasteiger partial charge >= 0.3 is 0 Å². The number of hydrogen-bond donors (Lipinski definition) is 0. The fraction of sp³-hybridized carbons (Fsp3) is 0.182. The second kappa shape index (κ2) is 3.75. The normalized spacial score (nSPS) is 11.3. The summed E-state index contributed by atoms with van der Waals surface area (Å²) in [6.07, 6.45) is 1.79. The van der Waals surface area contributed by atoms with Gasteiger partial charge in [0.25, 0.3) is 0 Å². The van der Waals surface area contributed by atoms with Gasteiger partial charge in [0.05, 0.1) is 5.52 Å². The van der Waals surface area contributed by atoms with E-state index in [4.69, 9.17) is 0 Å². The number of hydrogen-bond acceptors (Lipinski definition) is 4. The highest BCUT2D eigenvalue weighted by molar-refractivity contribution is 7.99. The zero-order valence-electron chi connectivity index (χ0n) is 8.79. The van der Waals surface area contributed by atoms with Gasteiger partial charge in [-0.05, 0) is 17.9 Å². The average Bonchev–Trinajstić information content (AvgIpc) is 2.73. The lowest BCUT2D eigenvalue weighted by molar-refractivity contribution is 0.907. The van der Waals surface area contributed by atoms with Crippen LogP contribution in [0, 0.1) is 0 Å². The van der Waals surface area contributed by atoms with Crippen molar-refractivity contribution in [3.63, 3.8) is 0 Å². The molecule has 0 bridgehead atoms. The molecule has 0 saturated heterocycles. The van der Waals surface area contributed by atoms with E-state index in [1.807, 2.05) is 28.7 Å². The predicted molar refractivity (Wildman–Crippen MR) is 64.7 cm³/mol. The van der Waals surface area contributed by atoms with Crippen LogP contribution in [-0.4, -0.2) is 25.3 Å². The highest BCUT2D eigenvalue weighted by Gasteiger charge is 2.08. The van der Waals surface area contributed by atoms with Gasteiger partial charge in [-0.25, -0.2) is 4.98 Å². The van der Waals surface area contributed by atoms with Crippen LogP contribution in [0.4, 0.5) is 0 Å². The minimum Gasteiger partial charge on any atom is -0.260 e. The van der Waals surface area contributed by atoms with Crippen LogP contribution in [0.3, 0.4) is 0 Å². The van der Waals surface area contributed by atoms with Gasteiger partial charge in [-0.3, -0.25) is 4.40 Å². The summed E-state index contributed by atoms with van der Waals surface area (Å²) in [5.74, 6) is 0.980. The first kappa shape index (κ1) is 9.59. The Morgan fingerprint density at radius 3 is 3.00 bits per heavy atom. The Balaban J connectivity index is 2.36. The van der Waals surface area contributed by atoms with Crippen molar-refractivity contribution >= 4 is 28.3 Å². The molecule has 16 heavy (non-hydrogen) atoms. The summed E-state index contributed by atoms with van der Waals surface area (Å²) in [5, 5.41) is 10.3. The van der Waals surface area contributed by atoms with E-state index in [0.717, 1.165) is 27.5 Å². The zero-order valence-corrected chi connectivity index (χ0v) is 9.61. The predicted octanol–water partition coefficient (Wildman–Crippen LogP) is 2.39. The van der Waals surface area contributed by atoms with Crippen LogP contribution in [-0.2, 0) is 0 Å². The molecule has 3 rings (SSSR count). The van der Waals surface area contributed by atoms with Crippen LogP contribution < -0.4 is 0 Å². The summed E-state index contributed by atoms with van der Waals surface area (Å²) in [6.45, 7) is 2.10. The van der Waals surface area contributed by atoms with Crippen molar-refractivity contribution < 1.29 is 0 Å². The van der Waals surface area contributed by atoms with Gasteiger partial charge in [0.2, 0.25) is 0 Å². The highest BCUT2D eigenvalue weighted by Crippen LogP contribution is 2.21. The second-order valence-electron chi connectivity index (χ2n) is 3.37. The van der Waals surface area contributed by atoms with Gasteiger partial charge in [0.1, 0.15) is 6.33 Å². The van der Waals surface area contributed by atoms with Crippen LogP contribution in [0.1, 0.15) is 6.92 Å². The summed E-state index contributed by atoms with van der Waals surface area (Å²) in [4.78, 5) is 4.39. The van der Waals surface area contributed by atoms with Crippen molar-refractivity contribution in [3.05, 3.63) is 30.6 Å². The third-order valence-electron chi connectivity index (χ3n) is 2.40. The van der Waals surface area contributed by atoms with E-state index in [0.29, 0.717) is 0 Å². The van der Waals surface area contributed by atoms with E-state index in [2.05, 4.69) is 22.1 Å². The van der Waals surface area contributed by atoms with E-state index in [-0.39, 0.29) is 0 Å². The molecule has 3 aromatic rings. The van der Waals surface area contributed by atoms with E-state index in [9.17, 15) is 0 Å². The maximum atomic E-state index is 4.39. The Hall–Kier alpha value is -1.62. The molecule has 2 aromatic heterocycles. The third-order valence-corrected chi connectivity index (χ3v) is 3.22. The zero-order chi connectivity index (χ0) is 11.0. The third kappa shape index (κ3) is 1.36. The molecule has 0 unspecified atom stereocenters. The molecule has 0 radical (unpaired) electrons. The highest BCUT2D eigenvalue weighted by atomic mass is 32.2. The molecular weight excluding hydrogens is 220 g/mol. The van der Waals surface area contributed by atoms with E-state index in [1.54, 1.807) is 18.1 Å². The fourth-order valence-corrected chi connectivity index (χ4v) is 2.32. The summed E-state index contributed by atoms with van der Waals surface area (Å²) in [5.41, 5.74) is 1.83. The van der Waals surface area contributed by atoms with Crippen molar-refractivity contribution in [1.29, 1.82) is 0 Å². The SMILES string of the molecule is CCSc1nnc2c3ccccc3ncn12. The van der Waals surface area contributed by atoms with Crippen molar-refractivity contribution in [2.75, 3.05) is 5.75 Å². The molecule has 5 heteroatoms. The maximum absolute atomic E-state index is 4.39. The number of benzene rings is 1. The summed E-state index contributed by atoms with van der Waals surface area (Å²) in [7, 11) is 0. The quantitative estimate of drug-likeness (QED) is 0.634. The minimum absolute atomic E-state index is 0.876. The van der Waals surface area contributed by atoms with Crippen LogP contribution in [0.5, 0.6) is 0 Å².